The Bertz CT molecular complexity index is 742. The SMILES string of the molecule is CC(C)N1[C@H]2CC[C@H]1CN(C(=O)c1cccnc1-n1cccn1)CC2. The van der Waals surface area contributed by atoms with Gasteiger partial charge in [-0.3, -0.25) is 9.69 Å². The molecule has 1 amide bonds. The largest absolute Gasteiger partial charge is 0.337 e. The quantitative estimate of drug-likeness (QED) is 0.861. The lowest BCUT2D eigenvalue weighted by Gasteiger charge is -2.32. The van der Waals surface area contributed by atoms with Gasteiger partial charge < -0.3 is 4.90 Å². The van der Waals surface area contributed by atoms with Crippen LogP contribution in [0.4, 0.5) is 0 Å². The molecule has 132 valence electrons. The summed E-state index contributed by atoms with van der Waals surface area (Å²) < 4.78 is 1.66. The summed E-state index contributed by atoms with van der Waals surface area (Å²) in [6.07, 6.45) is 8.73. The van der Waals surface area contributed by atoms with Gasteiger partial charge in [-0.05, 0) is 51.3 Å². The Morgan fingerprint density at radius 1 is 1.16 bits per heavy atom. The molecule has 0 aromatic carbocycles. The van der Waals surface area contributed by atoms with E-state index in [4.69, 9.17) is 0 Å². The Labute approximate surface area is 148 Å². The highest BCUT2D eigenvalue weighted by Crippen LogP contribution is 2.32. The van der Waals surface area contributed by atoms with E-state index in [1.165, 1.54) is 12.8 Å². The van der Waals surface area contributed by atoms with Crippen molar-refractivity contribution >= 4 is 5.91 Å². The van der Waals surface area contributed by atoms with Crippen molar-refractivity contribution in [1.29, 1.82) is 0 Å². The summed E-state index contributed by atoms with van der Waals surface area (Å²) in [6, 6.07) is 7.14. The molecule has 0 spiro atoms. The first-order valence-corrected chi connectivity index (χ1v) is 9.17. The van der Waals surface area contributed by atoms with Crippen LogP contribution in [0.5, 0.6) is 0 Å². The van der Waals surface area contributed by atoms with Gasteiger partial charge in [0.2, 0.25) is 0 Å². The van der Waals surface area contributed by atoms with Crippen LogP contribution in [0.1, 0.15) is 43.5 Å². The minimum atomic E-state index is 0.0647. The molecular formula is C19H25N5O. The Balaban J connectivity index is 1.60. The van der Waals surface area contributed by atoms with Gasteiger partial charge in [0, 0.05) is 49.8 Å². The Kier molecular flexibility index (Phi) is 4.29. The predicted molar refractivity (Wildman–Crippen MR) is 95.7 cm³/mol. The number of pyridine rings is 1. The number of rotatable bonds is 3. The third kappa shape index (κ3) is 2.95. The molecule has 2 saturated heterocycles. The molecule has 4 heterocycles. The molecule has 0 saturated carbocycles. The highest BCUT2D eigenvalue weighted by molar-refractivity contribution is 5.97. The molecule has 6 nitrogen and oxygen atoms in total. The van der Waals surface area contributed by atoms with Crippen LogP contribution >= 0.6 is 0 Å². The maximum atomic E-state index is 13.2. The molecule has 4 rings (SSSR count). The molecule has 2 aliphatic heterocycles. The number of amides is 1. The zero-order chi connectivity index (χ0) is 17.4. The first-order chi connectivity index (χ1) is 12.1. The third-order valence-electron chi connectivity index (χ3n) is 5.46. The van der Waals surface area contributed by atoms with Gasteiger partial charge in [-0.1, -0.05) is 0 Å². The standard InChI is InChI=1S/C19H25N5O/c1-14(2)24-15-6-7-16(24)13-22(12-8-15)19(25)17-5-3-9-20-18(17)23-11-4-10-21-23/h3-5,9-11,14-16H,6-8,12-13H2,1-2H3/t15-,16-/m0/s1. The summed E-state index contributed by atoms with van der Waals surface area (Å²) >= 11 is 0. The Morgan fingerprint density at radius 3 is 2.76 bits per heavy atom. The number of hydrogen-bond acceptors (Lipinski definition) is 4. The van der Waals surface area contributed by atoms with Crippen molar-refractivity contribution in [3.63, 3.8) is 0 Å². The number of hydrogen-bond donors (Lipinski definition) is 0. The Morgan fingerprint density at radius 2 is 2.00 bits per heavy atom. The lowest BCUT2D eigenvalue weighted by Crippen LogP contribution is -2.44. The van der Waals surface area contributed by atoms with E-state index in [1.54, 1.807) is 17.1 Å². The van der Waals surface area contributed by atoms with Gasteiger partial charge in [0.05, 0.1) is 5.56 Å². The van der Waals surface area contributed by atoms with Crippen LogP contribution in [-0.4, -0.2) is 61.7 Å². The molecule has 2 atom stereocenters. The molecule has 0 N–H and O–H groups in total. The lowest BCUT2D eigenvalue weighted by atomic mass is 10.1. The summed E-state index contributed by atoms with van der Waals surface area (Å²) in [5.41, 5.74) is 0.625. The van der Waals surface area contributed by atoms with Gasteiger partial charge in [0.1, 0.15) is 0 Å². The van der Waals surface area contributed by atoms with Gasteiger partial charge in [-0.2, -0.15) is 5.10 Å². The molecule has 2 aromatic heterocycles. The van der Waals surface area contributed by atoms with E-state index in [-0.39, 0.29) is 5.91 Å². The van der Waals surface area contributed by atoms with E-state index in [0.29, 0.717) is 29.5 Å². The zero-order valence-corrected chi connectivity index (χ0v) is 14.9. The summed E-state index contributed by atoms with van der Waals surface area (Å²) in [6.45, 7) is 6.15. The van der Waals surface area contributed by atoms with Crippen LogP contribution in [0, 0.1) is 0 Å². The molecule has 0 aliphatic carbocycles. The maximum Gasteiger partial charge on any atom is 0.257 e. The molecule has 6 heteroatoms. The first kappa shape index (κ1) is 16.3. The van der Waals surface area contributed by atoms with E-state index in [0.717, 1.165) is 19.5 Å². The molecule has 0 radical (unpaired) electrons. The fraction of sp³-hybridized carbons (Fsp3) is 0.526. The van der Waals surface area contributed by atoms with Gasteiger partial charge in [-0.25, -0.2) is 9.67 Å². The average molecular weight is 339 g/mol. The minimum Gasteiger partial charge on any atom is -0.337 e. The van der Waals surface area contributed by atoms with E-state index in [1.807, 2.05) is 29.3 Å². The second kappa shape index (κ2) is 6.59. The summed E-state index contributed by atoms with van der Waals surface area (Å²) in [7, 11) is 0. The van der Waals surface area contributed by atoms with Crippen LogP contribution in [0.3, 0.4) is 0 Å². The first-order valence-electron chi connectivity index (χ1n) is 9.17. The number of fused-ring (bicyclic) bond motifs is 2. The highest BCUT2D eigenvalue weighted by Gasteiger charge is 2.39. The summed E-state index contributed by atoms with van der Waals surface area (Å²) in [5.74, 6) is 0.669. The fourth-order valence-electron chi connectivity index (χ4n) is 4.45. The van der Waals surface area contributed by atoms with Crippen molar-refractivity contribution in [3.8, 4) is 5.82 Å². The van der Waals surface area contributed by atoms with Crippen LogP contribution in [0.2, 0.25) is 0 Å². The molecule has 2 fully saturated rings. The number of aromatic nitrogens is 3. The van der Waals surface area contributed by atoms with Crippen molar-refractivity contribution in [2.75, 3.05) is 13.1 Å². The fourth-order valence-corrected chi connectivity index (χ4v) is 4.45. The second-order valence-electron chi connectivity index (χ2n) is 7.29. The van der Waals surface area contributed by atoms with Crippen molar-refractivity contribution in [3.05, 3.63) is 42.4 Å². The van der Waals surface area contributed by atoms with Crippen LogP contribution in [-0.2, 0) is 0 Å². The third-order valence-corrected chi connectivity index (χ3v) is 5.46. The minimum absolute atomic E-state index is 0.0647. The smallest absolute Gasteiger partial charge is 0.257 e. The molecule has 2 bridgehead atoms. The zero-order valence-electron chi connectivity index (χ0n) is 14.9. The van der Waals surface area contributed by atoms with E-state index in [9.17, 15) is 4.79 Å². The number of nitrogens with zero attached hydrogens (tertiary/aromatic N) is 5. The van der Waals surface area contributed by atoms with Gasteiger partial charge in [0.15, 0.2) is 5.82 Å². The highest BCUT2D eigenvalue weighted by atomic mass is 16.2. The van der Waals surface area contributed by atoms with Crippen molar-refractivity contribution in [1.82, 2.24) is 24.6 Å². The van der Waals surface area contributed by atoms with Gasteiger partial charge in [0.25, 0.3) is 5.91 Å². The normalized spacial score (nSPS) is 23.9. The van der Waals surface area contributed by atoms with E-state index < -0.39 is 0 Å². The average Bonchev–Trinajstić information content (AvgIpc) is 3.22. The molecular weight excluding hydrogens is 314 g/mol. The summed E-state index contributed by atoms with van der Waals surface area (Å²) in [5, 5.41) is 4.24. The maximum absolute atomic E-state index is 13.2. The number of carbonyl (C=O) groups excluding carboxylic acids is 1. The predicted octanol–water partition coefficient (Wildman–Crippen LogP) is 2.35. The van der Waals surface area contributed by atoms with Crippen molar-refractivity contribution in [2.24, 2.45) is 0 Å². The van der Waals surface area contributed by atoms with E-state index >= 15 is 0 Å². The molecule has 25 heavy (non-hydrogen) atoms. The second-order valence-corrected chi connectivity index (χ2v) is 7.29. The van der Waals surface area contributed by atoms with E-state index in [2.05, 4.69) is 28.8 Å². The lowest BCUT2D eigenvalue weighted by molar-refractivity contribution is 0.0728. The topological polar surface area (TPSA) is 54.3 Å². The van der Waals surface area contributed by atoms with Gasteiger partial charge in [-0.15, -0.1) is 0 Å². The van der Waals surface area contributed by atoms with Crippen molar-refractivity contribution in [2.45, 2.75) is 51.2 Å². The van der Waals surface area contributed by atoms with Crippen LogP contribution in [0.15, 0.2) is 36.8 Å². The number of likely N-dealkylation sites (tertiary alicyclic amines) is 1. The van der Waals surface area contributed by atoms with Crippen LogP contribution < -0.4 is 0 Å². The molecule has 2 aliphatic rings. The monoisotopic (exact) mass is 339 g/mol. The molecule has 2 aromatic rings. The van der Waals surface area contributed by atoms with Crippen molar-refractivity contribution < 1.29 is 4.79 Å². The Hall–Kier alpha value is -2.21. The molecule has 0 unspecified atom stereocenters. The van der Waals surface area contributed by atoms with Gasteiger partial charge >= 0.3 is 0 Å². The summed E-state index contributed by atoms with van der Waals surface area (Å²) in [4.78, 5) is 22.3. The van der Waals surface area contributed by atoms with Crippen LogP contribution in [0.25, 0.3) is 5.82 Å². The number of carbonyl (C=O) groups is 1.